The predicted molar refractivity (Wildman–Crippen MR) is 171 cm³/mol. The maximum Gasteiger partial charge on any atom is 0.200 e. The molecule has 0 unspecified atom stereocenters. The van der Waals surface area contributed by atoms with Crippen molar-refractivity contribution < 1.29 is 87.8 Å². The summed E-state index contributed by atoms with van der Waals surface area (Å²) in [4.78, 5) is 0. The third-order valence-corrected chi connectivity index (χ3v) is 9.44. The van der Waals surface area contributed by atoms with Crippen molar-refractivity contribution in [3.63, 3.8) is 0 Å². The predicted octanol–water partition coefficient (Wildman–Crippen LogP) is 8.10. The molecule has 4 rings (SSSR count). The van der Waals surface area contributed by atoms with Crippen LogP contribution in [-0.4, -0.2) is 24.4 Å². The van der Waals surface area contributed by atoms with Gasteiger partial charge in [-0.3, -0.25) is 0 Å². The van der Waals surface area contributed by atoms with E-state index in [-0.39, 0.29) is 16.3 Å². The van der Waals surface area contributed by atoms with E-state index in [1.165, 1.54) is 0 Å². The van der Waals surface area contributed by atoms with Gasteiger partial charge in [0.1, 0.15) is 76.1 Å². The molecule has 0 bridgehead atoms. The Kier molecular flexibility index (Phi) is 13.9. The second-order valence-corrected chi connectivity index (χ2v) is 15.5. The fraction of sp³-hybridized carbons (Fsp3) is 0.200. The Balaban J connectivity index is 0.000000567. The molecule has 0 radical (unpaired) electrons. The lowest BCUT2D eigenvalue weighted by Crippen LogP contribution is -2.81. The minimum atomic E-state index is -7.22. The molecule has 24 heteroatoms. The summed E-state index contributed by atoms with van der Waals surface area (Å²) in [6.07, 6.45) is -2.97. The first-order valence-electron chi connectivity index (χ1n) is 15.3. The molecule has 2 nitrogen and oxygen atoms in total. The lowest BCUT2D eigenvalue weighted by Gasteiger charge is -2.44. The van der Waals surface area contributed by atoms with E-state index in [2.05, 4.69) is 12.5 Å². The first-order chi connectivity index (χ1) is 27.0. The van der Waals surface area contributed by atoms with Crippen molar-refractivity contribution in [2.45, 2.75) is 20.8 Å². The van der Waals surface area contributed by atoms with E-state index in [9.17, 15) is 52.7 Å². The van der Waals surface area contributed by atoms with Crippen LogP contribution in [0.1, 0.15) is 20.8 Å². The molecule has 0 N–H and O–H groups in total. The van der Waals surface area contributed by atoms with Crippen molar-refractivity contribution in [3.8, 4) is 12.1 Å². The van der Waals surface area contributed by atoms with E-state index < -0.39 is 144 Å². The molecule has 0 atom stereocenters. The molecular weight excluding hydrogens is 871 g/mol. The van der Waals surface area contributed by atoms with Gasteiger partial charge in [0.05, 0.1) is 12.5 Å². The molecule has 0 aromatic heterocycles. The molecule has 0 heterocycles. The molecule has 0 amide bonds. The number of halogens is 20. The van der Waals surface area contributed by atoms with Gasteiger partial charge in [0.15, 0.2) is 69.8 Å². The zero-order valence-corrected chi connectivity index (χ0v) is 30.5. The lowest BCUT2D eigenvalue weighted by atomic mass is 9.12. The van der Waals surface area contributed by atoms with Crippen LogP contribution in [0.3, 0.4) is 0 Å². The summed E-state index contributed by atoms with van der Waals surface area (Å²) < 4.78 is 294. The number of nitrogens with zero attached hydrogens (tertiary/aromatic N) is 2. The standard InChI is InChI=1S/C24BF20.C11H17N2S/c26-5-1(6(27)14(35)21(42)13(5)34)25(2-7(28)15(36)22(43)16(37)8(2)29,3-9(30)17(38)23(44)18(39)10(3)31)4-11(32)19(40)24(45)20(41)12(4)33;1-11(2,3)10(8-14(4)5)9(6-12)7-13/h;8H2,1-5H3/q-1;+1. The van der Waals surface area contributed by atoms with Crippen molar-refractivity contribution in [2.24, 2.45) is 5.41 Å². The topological polar surface area (TPSA) is 47.6 Å². The van der Waals surface area contributed by atoms with E-state index >= 15 is 35.1 Å². The first-order valence-corrected chi connectivity index (χ1v) is 17.6. The SMILES string of the molecule is C[S+](C)CC(=C(C#N)C#N)C(C)(C)C.Fc1c(F)c(F)c([B-](c2c(F)c(F)c(F)c(F)c2F)(c2c(F)c(F)c(F)c(F)c2F)c2c(F)c(F)c(F)c(F)c2F)c(F)c1F. The summed E-state index contributed by atoms with van der Waals surface area (Å²) in [5, 5.41) is 17.7. The Hall–Kier alpha value is -5.39. The average molecular weight is 888 g/mol. The summed E-state index contributed by atoms with van der Waals surface area (Å²) in [7, 11) is 0.224. The maximum absolute atomic E-state index is 15.4. The van der Waals surface area contributed by atoms with Gasteiger partial charge in [-0.2, -0.15) is 10.5 Å². The fourth-order valence-corrected chi connectivity index (χ4v) is 7.14. The number of rotatable bonds is 6. The van der Waals surface area contributed by atoms with Gasteiger partial charge in [0.25, 0.3) is 0 Å². The van der Waals surface area contributed by atoms with Gasteiger partial charge >= 0.3 is 0 Å². The molecule has 316 valence electrons. The average Bonchev–Trinajstić information content (AvgIpc) is 3.17. The molecule has 0 aliphatic carbocycles. The van der Waals surface area contributed by atoms with Crippen molar-refractivity contribution >= 4 is 38.9 Å². The van der Waals surface area contributed by atoms with Gasteiger partial charge in [0, 0.05) is 5.57 Å². The van der Waals surface area contributed by atoms with E-state index in [4.69, 9.17) is 10.5 Å². The van der Waals surface area contributed by atoms with Crippen LogP contribution >= 0.6 is 0 Å². The van der Waals surface area contributed by atoms with Crippen LogP contribution in [0, 0.1) is 144 Å². The largest absolute Gasteiger partial charge is 0.207 e. The van der Waals surface area contributed by atoms with Crippen LogP contribution in [0.2, 0.25) is 0 Å². The summed E-state index contributed by atoms with van der Waals surface area (Å²) in [5.41, 5.74) is -13.1. The monoisotopic (exact) mass is 888 g/mol. The Morgan fingerprint density at radius 1 is 0.390 bits per heavy atom. The van der Waals surface area contributed by atoms with Crippen LogP contribution in [0.5, 0.6) is 0 Å². The summed E-state index contributed by atoms with van der Waals surface area (Å²) in [6, 6.07) is 3.97. The molecule has 0 saturated carbocycles. The highest BCUT2D eigenvalue weighted by atomic mass is 32.2. The molecule has 0 aliphatic rings. The van der Waals surface area contributed by atoms with Gasteiger partial charge in [-0.15, -0.1) is 21.9 Å². The van der Waals surface area contributed by atoms with Gasteiger partial charge in [-0.05, 0) is 16.3 Å². The number of hydrogen-bond donors (Lipinski definition) is 0. The molecule has 4 aromatic rings. The molecular formula is C35H17BF20N2S. The third-order valence-electron chi connectivity index (χ3n) is 8.57. The van der Waals surface area contributed by atoms with Gasteiger partial charge in [0.2, 0.25) is 0 Å². The minimum absolute atomic E-state index is 0.0853. The Morgan fingerprint density at radius 3 is 0.695 bits per heavy atom. The van der Waals surface area contributed by atoms with Crippen LogP contribution in [0.25, 0.3) is 0 Å². The zero-order valence-electron chi connectivity index (χ0n) is 29.6. The highest BCUT2D eigenvalue weighted by Gasteiger charge is 2.52. The van der Waals surface area contributed by atoms with E-state index in [1.807, 2.05) is 32.9 Å². The molecule has 4 aromatic carbocycles. The van der Waals surface area contributed by atoms with Crippen LogP contribution < -0.4 is 21.9 Å². The number of benzene rings is 4. The minimum Gasteiger partial charge on any atom is -0.207 e. The van der Waals surface area contributed by atoms with Gasteiger partial charge in [-0.25, -0.2) is 87.8 Å². The maximum atomic E-state index is 15.4. The quantitative estimate of drug-likeness (QED) is 0.0491. The highest BCUT2D eigenvalue weighted by molar-refractivity contribution is 7.95. The summed E-state index contributed by atoms with van der Waals surface area (Å²) in [5.74, 6) is -70.6. The fourth-order valence-electron chi connectivity index (χ4n) is 5.99. The van der Waals surface area contributed by atoms with Gasteiger partial charge in [-0.1, -0.05) is 20.8 Å². The first kappa shape index (κ1) is 48.0. The van der Waals surface area contributed by atoms with Gasteiger partial charge < -0.3 is 0 Å². The molecule has 0 saturated heterocycles. The molecule has 59 heavy (non-hydrogen) atoms. The third kappa shape index (κ3) is 7.66. The van der Waals surface area contributed by atoms with E-state index in [0.29, 0.717) is 5.57 Å². The van der Waals surface area contributed by atoms with E-state index in [1.54, 1.807) is 0 Å². The highest BCUT2D eigenvalue weighted by Crippen LogP contribution is 2.31. The smallest absolute Gasteiger partial charge is 0.200 e. The summed E-state index contributed by atoms with van der Waals surface area (Å²) in [6.45, 7) is 6.14. The molecule has 0 fully saturated rings. The Bertz CT molecular complexity index is 2120. The van der Waals surface area contributed by atoms with Crippen molar-refractivity contribution in [2.75, 3.05) is 18.3 Å². The number of allylic oxidation sites excluding steroid dienone is 1. The molecule has 0 spiro atoms. The Morgan fingerprint density at radius 2 is 0.559 bits per heavy atom. The van der Waals surface area contributed by atoms with Crippen molar-refractivity contribution in [1.82, 2.24) is 0 Å². The second-order valence-electron chi connectivity index (χ2n) is 13.3. The van der Waals surface area contributed by atoms with Crippen LogP contribution in [0.15, 0.2) is 11.1 Å². The van der Waals surface area contributed by atoms with Crippen LogP contribution in [0.4, 0.5) is 87.8 Å². The Labute approximate surface area is 321 Å². The lowest BCUT2D eigenvalue weighted by molar-refractivity contribution is 0.378. The number of hydrogen-bond acceptors (Lipinski definition) is 2. The second kappa shape index (κ2) is 17.1. The number of nitriles is 2. The summed E-state index contributed by atoms with van der Waals surface area (Å²) >= 11 is 0. The molecule has 0 aliphatic heterocycles. The zero-order chi connectivity index (χ0) is 45.7. The van der Waals surface area contributed by atoms with Crippen molar-refractivity contribution in [3.05, 3.63) is 127 Å². The normalized spacial score (nSPS) is 11.7. The van der Waals surface area contributed by atoms with Crippen molar-refractivity contribution in [1.29, 1.82) is 10.5 Å². The van der Waals surface area contributed by atoms with Crippen LogP contribution in [-0.2, 0) is 10.9 Å². The van der Waals surface area contributed by atoms with E-state index in [0.717, 1.165) is 11.3 Å².